The molecule has 7 heteroatoms. The molecule has 1 heterocycles. The summed E-state index contributed by atoms with van der Waals surface area (Å²) < 4.78 is 9.50. The van der Waals surface area contributed by atoms with Crippen molar-refractivity contribution < 1.29 is 29.0 Å². The highest BCUT2D eigenvalue weighted by Crippen LogP contribution is 2.27. The first kappa shape index (κ1) is 15.7. The maximum atomic E-state index is 11.8. The lowest BCUT2D eigenvalue weighted by Crippen LogP contribution is -2.33. The standard InChI is InChI=1S/C13H17NO6/c1-4-19-13(18)10-5-9(7(2)14-8(10)3)11(12(16)17)20-6-15/h6,11,14H,4-5H2,1-3H3,(H,16,17). The highest BCUT2D eigenvalue weighted by atomic mass is 16.5. The zero-order valence-electron chi connectivity index (χ0n) is 11.6. The van der Waals surface area contributed by atoms with Crippen LogP contribution in [0, 0.1) is 0 Å². The Bertz CT molecular complexity index is 491. The fourth-order valence-corrected chi connectivity index (χ4v) is 1.97. The van der Waals surface area contributed by atoms with Crippen LogP contribution in [0.15, 0.2) is 22.5 Å². The van der Waals surface area contributed by atoms with Crippen LogP contribution in [0.1, 0.15) is 27.2 Å². The van der Waals surface area contributed by atoms with Gasteiger partial charge in [-0.2, -0.15) is 0 Å². The summed E-state index contributed by atoms with van der Waals surface area (Å²) in [7, 11) is 0. The van der Waals surface area contributed by atoms with Crippen molar-refractivity contribution in [2.24, 2.45) is 0 Å². The third-order valence-corrected chi connectivity index (χ3v) is 2.93. The van der Waals surface area contributed by atoms with Crippen LogP contribution in [0.5, 0.6) is 0 Å². The summed E-state index contributed by atoms with van der Waals surface area (Å²) >= 11 is 0. The summed E-state index contributed by atoms with van der Waals surface area (Å²) in [5.74, 6) is -1.81. The van der Waals surface area contributed by atoms with Crippen molar-refractivity contribution in [3.05, 3.63) is 22.5 Å². The molecule has 1 rings (SSSR count). The van der Waals surface area contributed by atoms with Crippen LogP contribution in [0.3, 0.4) is 0 Å². The van der Waals surface area contributed by atoms with Crippen molar-refractivity contribution in [1.29, 1.82) is 0 Å². The molecule has 1 aliphatic rings. The van der Waals surface area contributed by atoms with Gasteiger partial charge in [-0.3, -0.25) is 4.79 Å². The minimum atomic E-state index is -1.42. The Hall–Kier alpha value is -2.31. The van der Waals surface area contributed by atoms with Gasteiger partial charge in [0.05, 0.1) is 12.2 Å². The molecule has 1 atom stereocenters. The molecule has 0 bridgehead atoms. The van der Waals surface area contributed by atoms with Crippen LogP contribution in [-0.4, -0.2) is 36.2 Å². The van der Waals surface area contributed by atoms with E-state index in [2.05, 4.69) is 10.1 Å². The van der Waals surface area contributed by atoms with Crippen molar-refractivity contribution in [1.82, 2.24) is 5.32 Å². The monoisotopic (exact) mass is 283 g/mol. The molecular formula is C13H17NO6. The third-order valence-electron chi connectivity index (χ3n) is 2.93. The Balaban J connectivity index is 3.04. The zero-order valence-corrected chi connectivity index (χ0v) is 11.6. The lowest BCUT2D eigenvalue weighted by Gasteiger charge is -2.25. The van der Waals surface area contributed by atoms with Crippen LogP contribution < -0.4 is 5.32 Å². The molecule has 0 saturated carbocycles. The number of allylic oxidation sites excluding steroid dienone is 2. The van der Waals surface area contributed by atoms with Crippen LogP contribution >= 0.6 is 0 Å². The van der Waals surface area contributed by atoms with Crippen LogP contribution in [0.25, 0.3) is 0 Å². The van der Waals surface area contributed by atoms with E-state index >= 15 is 0 Å². The molecule has 1 aliphatic heterocycles. The van der Waals surface area contributed by atoms with E-state index in [0.717, 1.165) is 0 Å². The highest BCUT2D eigenvalue weighted by molar-refractivity contribution is 5.91. The fraction of sp³-hybridized carbons (Fsp3) is 0.462. The number of carbonyl (C=O) groups is 3. The summed E-state index contributed by atoms with van der Waals surface area (Å²) in [5, 5.41) is 12.0. The first-order chi connectivity index (χ1) is 9.42. The smallest absolute Gasteiger partial charge is 0.349 e. The van der Waals surface area contributed by atoms with Crippen molar-refractivity contribution in [3.8, 4) is 0 Å². The van der Waals surface area contributed by atoms with Crippen molar-refractivity contribution in [2.75, 3.05) is 6.61 Å². The van der Waals surface area contributed by atoms with Gasteiger partial charge in [0.25, 0.3) is 6.47 Å². The van der Waals surface area contributed by atoms with Gasteiger partial charge in [0.1, 0.15) is 0 Å². The molecule has 110 valence electrons. The summed E-state index contributed by atoms with van der Waals surface area (Å²) in [5.41, 5.74) is 1.79. The van der Waals surface area contributed by atoms with E-state index in [1.165, 1.54) is 0 Å². The van der Waals surface area contributed by atoms with E-state index in [0.29, 0.717) is 22.5 Å². The number of carboxylic acid groups (broad SMARTS) is 1. The number of carbonyl (C=O) groups excluding carboxylic acids is 2. The average Bonchev–Trinajstić information content (AvgIpc) is 2.36. The van der Waals surface area contributed by atoms with E-state index in [1.807, 2.05) is 0 Å². The fourth-order valence-electron chi connectivity index (χ4n) is 1.97. The average molecular weight is 283 g/mol. The second-order valence-corrected chi connectivity index (χ2v) is 4.23. The SMILES string of the molecule is CCOC(=O)C1=C(C)NC(C)=C(C(OC=O)C(=O)O)C1. The van der Waals surface area contributed by atoms with Crippen LogP contribution in [0.2, 0.25) is 0 Å². The number of carboxylic acids is 1. The first-order valence-electron chi connectivity index (χ1n) is 6.07. The largest absolute Gasteiger partial charge is 0.478 e. The first-order valence-corrected chi connectivity index (χ1v) is 6.07. The Morgan fingerprint density at radius 3 is 2.55 bits per heavy atom. The van der Waals surface area contributed by atoms with Gasteiger partial charge in [0.2, 0.25) is 6.10 Å². The van der Waals surface area contributed by atoms with Gasteiger partial charge in [-0.25, -0.2) is 9.59 Å². The van der Waals surface area contributed by atoms with Crippen molar-refractivity contribution >= 4 is 18.4 Å². The second kappa shape index (κ2) is 6.74. The van der Waals surface area contributed by atoms with Gasteiger partial charge < -0.3 is 19.9 Å². The lowest BCUT2D eigenvalue weighted by molar-refractivity contribution is -0.154. The summed E-state index contributed by atoms with van der Waals surface area (Å²) in [6.45, 7) is 5.34. The molecule has 0 aromatic carbocycles. The minimum absolute atomic E-state index is 0.0638. The molecule has 0 aromatic heterocycles. The Morgan fingerprint density at radius 2 is 2.05 bits per heavy atom. The van der Waals surface area contributed by atoms with E-state index in [4.69, 9.17) is 9.84 Å². The molecule has 0 amide bonds. The van der Waals surface area contributed by atoms with Gasteiger partial charge in [0.15, 0.2) is 0 Å². The Kier molecular flexibility index (Phi) is 5.31. The number of dihydropyridines is 1. The van der Waals surface area contributed by atoms with E-state index in [9.17, 15) is 14.4 Å². The molecule has 0 fully saturated rings. The lowest BCUT2D eigenvalue weighted by atomic mass is 9.94. The molecule has 0 radical (unpaired) electrons. The van der Waals surface area contributed by atoms with Gasteiger partial charge >= 0.3 is 11.9 Å². The quantitative estimate of drug-likeness (QED) is 0.547. The number of hydrogen-bond acceptors (Lipinski definition) is 6. The van der Waals surface area contributed by atoms with Gasteiger partial charge in [-0.1, -0.05) is 0 Å². The predicted molar refractivity (Wildman–Crippen MR) is 68.4 cm³/mol. The molecule has 0 spiro atoms. The summed E-state index contributed by atoms with van der Waals surface area (Å²) in [6.07, 6.45) is -1.36. The normalized spacial score (nSPS) is 16.4. The van der Waals surface area contributed by atoms with Crippen LogP contribution in [-0.2, 0) is 23.9 Å². The Morgan fingerprint density at radius 1 is 1.40 bits per heavy atom. The molecule has 0 saturated heterocycles. The predicted octanol–water partition coefficient (Wildman–Crippen LogP) is 0.717. The molecular weight excluding hydrogens is 266 g/mol. The molecule has 7 nitrogen and oxygen atoms in total. The Labute approximate surface area is 116 Å². The zero-order chi connectivity index (χ0) is 15.3. The number of nitrogens with one attached hydrogen (secondary N) is 1. The molecule has 0 aliphatic carbocycles. The number of aliphatic carboxylic acids is 1. The van der Waals surface area contributed by atoms with Crippen molar-refractivity contribution in [2.45, 2.75) is 33.3 Å². The molecule has 1 unspecified atom stereocenters. The van der Waals surface area contributed by atoms with Gasteiger partial charge in [0, 0.05) is 23.4 Å². The number of hydrogen-bond donors (Lipinski definition) is 2. The maximum Gasteiger partial charge on any atom is 0.349 e. The number of rotatable bonds is 6. The van der Waals surface area contributed by atoms with E-state index < -0.39 is 18.0 Å². The topological polar surface area (TPSA) is 102 Å². The minimum Gasteiger partial charge on any atom is -0.478 e. The third kappa shape index (κ3) is 3.37. The summed E-state index contributed by atoms with van der Waals surface area (Å²) in [4.78, 5) is 33.4. The number of esters is 1. The maximum absolute atomic E-state index is 11.8. The van der Waals surface area contributed by atoms with Crippen LogP contribution in [0.4, 0.5) is 0 Å². The van der Waals surface area contributed by atoms with Crippen molar-refractivity contribution in [3.63, 3.8) is 0 Å². The van der Waals surface area contributed by atoms with Gasteiger partial charge in [-0.15, -0.1) is 0 Å². The molecule has 0 aromatic rings. The number of ether oxygens (including phenoxy) is 2. The van der Waals surface area contributed by atoms with E-state index in [-0.39, 0.29) is 19.5 Å². The summed E-state index contributed by atoms with van der Waals surface area (Å²) in [6, 6.07) is 0. The second-order valence-electron chi connectivity index (χ2n) is 4.23. The van der Waals surface area contributed by atoms with Gasteiger partial charge in [-0.05, 0) is 20.8 Å². The highest BCUT2D eigenvalue weighted by Gasteiger charge is 2.31. The molecule has 2 N–H and O–H groups in total. The van der Waals surface area contributed by atoms with E-state index in [1.54, 1.807) is 20.8 Å². The molecule has 20 heavy (non-hydrogen) atoms.